The van der Waals surface area contributed by atoms with Gasteiger partial charge in [-0.05, 0) is 67.8 Å². The highest BCUT2D eigenvalue weighted by molar-refractivity contribution is 6.11. The molecule has 0 saturated carbocycles. The Morgan fingerprint density at radius 1 is 0.818 bits per heavy atom. The Bertz CT molecular complexity index is 1230. The first-order chi connectivity index (χ1) is 15.8. The van der Waals surface area contributed by atoms with Gasteiger partial charge in [0.25, 0.3) is 5.91 Å². The molecule has 0 radical (unpaired) electrons. The second-order valence-corrected chi connectivity index (χ2v) is 8.48. The maximum Gasteiger partial charge on any atom is 0.257 e. The van der Waals surface area contributed by atoms with Crippen LogP contribution in [0, 0.1) is 26.7 Å². The average Bonchev–Trinajstić information content (AvgIpc) is 3.19. The number of hydrogen-bond donors (Lipinski definition) is 2. The van der Waals surface area contributed by atoms with Crippen LogP contribution in [-0.2, 0) is 9.59 Å². The van der Waals surface area contributed by atoms with E-state index in [0.29, 0.717) is 23.5 Å². The summed E-state index contributed by atoms with van der Waals surface area (Å²) in [5, 5.41) is 5.77. The molecule has 0 spiro atoms. The van der Waals surface area contributed by atoms with E-state index in [-0.39, 0.29) is 24.1 Å². The minimum Gasteiger partial charge on any atom is -0.325 e. The summed E-state index contributed by atoms with van der Waals surface area (Å²) in [4.78, 5) is 40.2. The lowest BCUT2D eigenvalue weighted by Gasteiger charge is -2.18. The molecule has 1 heterocycles. The summed E-state index contributed by atoms with van der Waals surface area (Å²) in [6.45, 7) is 6.25. The molecule has 0 aliphatic carbocycles. The van der Waals surface area contributed by atoms with Gasteiger partial charge in [-0.1, -0.05) is 36.4 Å². The molecular weight excluding hydrogens is 414 g/mol. The van der Waals surface area contributed by atoms with Crippen molar-refractivity contribution in [3.8, 4) is 0 Å². The lowest BCUT2D eigenvalue weighted by molar-refractivity contribution is -0.122. The van der Waals surface area contributed by atoms with Crippen molar-refractivity contribution >= 4 is 34.8 Å². The summed E-state index contributed by atoms with van der Waals surface area (Å²) in [5.74, 6) is -1.15. The molecule has 33 heavy (non-hydrogen) atoms. The summed E-state index contributed by atoms with van der Waals surface area (Å²) in [6.07, 6.45) is 0.135. The normalized spacial score (nSPS) is 15.4. The monoisotopic (exact) mass is 441 g/mol. The molecule has 3 aromatic carbocycles. The van der Waals surface area contributed by atoms with E-state index in [1.54, 1.807) is 29.2 Å². The Morgan fingerprint density at radius 3 is 2.24 bits per heavy atom. The Morgan fingerprint density at radius 2 is 1.52 bits per heavy atom. The van der Waals surface area contributed by atoms with Gasteiger partial charge in [-0.15, -0.1) is 0 Å². The molecular formula is C27H27N3O3. The maximum absolute atomic E-state index is 13.0. The number of nitrogens with zero attached hydrogens (tertiary/aromatic N) is 1. The largest absolute Gasteiger partial charge is 0.325 e. The van der Waals surface area contributed by atoms with Crippen molar-refractivity contribution in [3.05, 3.63) is 89.0 Å². The summed E-state index contributed by atoms with van der Waals surface area (Å²) in [5.41, 5.74) is 5.51. The zero-order valence-electron chi connectivity index (χ0n) is 19.0. The van der Waals surface area contributed by atoms with Crippen LogP contribution in [0.25, 0.3) is 0 Å². The molecule has 168 valence electrons. The molecule has 3 amide bonds. The molecule has 6 nitrogen and oxygen atoms in total. The van der Waals surface area contributed by atoms with Crippen LogP contribution in [-0.4, -0.2) is 24.3 Å². The van der Waals surface area contributed by atoms with Crippen molar-refractivity contribution in [1.82, 2.24) is 0 Å². The van der Waals surface area contributed by atoms with Gasteiger partial charge in [0.05, 0.1) is 17.2 Å². The first kappa shape index (κ1) is 22.3. The van der Waals surface area contributed by atoms with Gasteiger partial charge in [0.15, 0.2) is 0 Å². The number of amides is 3. The lowest BCUT2D eigenvalue weighted by Crippen LogP contribution is -2.28. The number of carbonyl (C=O) groups is 3. The fraction of sp³-hybridized carbons (Fsp3) is 0.222. The van der Waals surface area contributed by atoms with Gasteiger partial charge in [-0.2, -0.15) is 0 Å². The van der Waals surface area contributed by atoms with Crippen LogP contribution in [0.3, 0.4) is 0 Å². The predicted octanol–water partition coefficient (Wildman–Crippen LogP) is 4.86. The molecule has 1 aliphatic heterocycles. The standard InChI is InChI=1S/C27H27N3O3/c1-17-12-13-21(14-19(17)3)30-16-20(15-25(30)31)26(32)29-24-11-7-5-9-22(24)27(33)28-23-10-6-4-8-18(23)2/h4-14,20H,15-16H2,1-3H3,(H,28,33)(H,29,32)/t20-/m0/s1. The minimum absolute atomic E-state index is 0.0796. The first-order valence-corrected chi connectivity index (χ1v) is 11.0. The van der Waals surface area contributed by atoms with E-state index >= 15 is 0 Å². The van der Waals surface area contributed by atoms with Crippen LogP contribution in [0.15, 0.2) is 66.7 Å². The van der Waals surface area contributed by atoms with E-state index < -0.39 is 5.92 Å². The third kappa shape index (κ3) is 4.80. The van der Waals surface area contributed by atoms with E-state index in [1.807, 2.05) is 63.2 Å². The van der Waals surface area contributed by atoms with Crippen LogP contribution >= 0.6 is 0 Å². The average molecular weight is 442 g/mol. The predicted molar refractivity (Wildman–Crippen MR) is 131 cm³/mol. The van der Waals surface area contributed by atoms with Crippen molar-refractivity contribution in [3.63, 3.8) is 0 Å². The SMILES string of the molecule is Cc1ccc(N2C[C@@H](C(=O)Nc3ccccc3C(=O)Nc3ccccc3C)CC2=O)cc1C. The fourth-order valence-corrected chi connectivity index (χ4v) is 3.95. The second kappa shape index (κ2) is 9.28. The van der Waals surface area contributed by atoms with Gasteiger partial charge in [0.1, 0.15) is 0 Å². The van der Waals surface area contributed by atoms with Crippen molar-refractivity contribution in [1.29, 1.82) is 0 Å². The molecule has 1 aliphatic rings. The van der Waals surface area contributed by atoms with Crippen molar-refractivity contribution in [2.75, 3.05) is 22.1 Å². The van der Waals surface area contributed by atoms with E-state index in [2.05, 4.69) is 10.6 Å². The van der Waals surface area contributed by atoms with E-state index in [1.165, 1.54) is 0 Å². The maximum atomic E-state index is 13.0. The van der Waals surface area contributed by atoms with E-state index in [4.69, 9.17) is 0 Å². The van der Waals surface area contributed by atoms with Crippen molar-refractivity contribution in [2.45, 2.75) is 27.2 Å². The zero-order valence-corrected chi connectivity index (χ0v) is 19.0. The van der Waals surface area contributed by atoms with Crippen molar-refractivity contribution < 1.29 is 14.4 Å². The summed E-state index contributed by atoms with van der Waals surface area (Å²) in [7, 11) is 0. The van der Waals surface area contributed by atoms with Gasteiger partial charge in [-0.25, -0.2) is 0 Å². The molecule has 6 heteroatoms. The van der Waals surface area contributed by atoms with Gasteiger partial charge >= 0.3 is 0 Å². The number of benzene rings is 3. The lowest BCUT2D eigenvalue weighted by atomic mass is 10.1. The quantitative estimate of drug-likeness (QED) is 0.594. The summed E-state index contributed by atoms with van der Waals surface area (Å²) in [6, 6.07) is 20.3. The Hall–Kier alpha value is -3.93. The van der Waals surface area contributed by atoms with Crippen LogP contribution in [0.1, 0.15) is 33.5 Å². The molecule has 0 bridgehead atoms. The number of para-hydroxylation sites is 2. The second-order valence-electron chi connectivity index (χ2n) is 8.48. The molecule has 2 N–H and O–H groups in total. The smallest absolute Gasteiger partial charge is 0.257 e. The number of rotatable bonds is 5. The first-order valence-electron chi connectivity index (χ1n) is 11.0. The van der Waals surface area contributed by atoms with Crippen LogP contribution in [0.5, 0.6) is 0 Å². The van der Waals surface area contributed by atoms with Gasteiger partial charge in [-0.3, -0.25) is 14.4 Å². The molecule has 1 saturated heterocycles. The highest BCUT2D eigenvalue weighted by Gasteiger charge is 2.35. The van der Waals surface area contributed by atoms with Gasteiger partial charge in [0.2, 0.25) is 11.8 Å². The Balaban J connectivity index is 1.48. The van der Waals surface area contributed by atoms with Gasteiger partial charge in [0, 0.05) is 24.3 Å². The Kier molecular flexibility index (Phi) is 6.27. The van der Waals surface area contributed by atoms with Crippen LogP contribution in [0.4, 0.5) is 17.1 Å². The number of nitrogens with one attached hydrogen (secondary N) is 2. The summed E-state index contributed by atoms with van der Waals surface area (Å²) < 4.78 is 0. The zero-order chi connectivity index (χ0) is 23.5. The fourth-order valence-electron chi connectivity index (χ4n) is 3.95. The van der Waals surface area contributed by atoms with Crippen LogP contribution in [0.2, 0.25) is 0 Å². The molecule has 4 rings (SSSR count). The minimum atomic E-state index is -0.494. The Labute approximate surface area is 193 Å². The number of anilines is 3. The van der Waals surface area contributed by atoms with Crippen LogP contribution < -0.4 is 15.5 Å². The van der Waals surface area contributed by atoms with Crippen molar-refractivity contribution in [2.24, 2.45) is 5.92 Å². The molecule has 1 atom stereocenters. The third-order valence-electron chi connectivity index (χ3n) is 6.12. The number of aryl methyl sites for hydroxylation is 3. The summed E-state index contributed by atoms with van der Waals surface area (Å²) >= 11 is 0. The number of hydrogen-bond acceptors (Lipinski definition) is 3. The molecule has 1 fully saturated rings. The van der Waals surface area contributed by atoms with E-state index in [0.717, 1.165) is 22.4 Å². The highest BCUT2D eigenvalue weighted by atomic mass is 16.2. The topological polar surface area (TPSA) is 78.5 Å². The van der Waals surface area contributed by atoms with E-state index in [9.17, 15) is 14.4 Å². The molecule has 0 aromatic heterocycles. The molecule has 3 aromatic rings. The third-order valence-corrected chi connectivity index (χ3v) is 6.12. The molecule has 0 unspecified atom stereocenters. The van der Waals surface area contributed by atoms with Gasteiger partial charge < -0.3 is 15.5 Å². The number of carbonyl (C=O) groups excluding carboxylic acids is 3. The highest BCUT2D eigenvalue weighted by Crippen LogP contribution is 2.28.